The number of sulfonamides is 1. The lowest BCUT2D eigenvalue weighted by Crippen LogP contribution is -2.42. The van der Waals surface area contributed by atoms with E-state index in [-0.39, 0.29) is 12.2 Å². The molecule has 1 aliphatic rings. The van der Waals surface area contributed by atoms with Crippen LogP contribution in [0.5, 0.6) is 0 Å². The average molecular weight is 316 g/mol. The summed E-state index contributed by atoms with van der Waals surface area (Å²) in [4.78, 5) is 0. The molecule has 1 aromatic carbocycles. The van der Waals surface area contributed by atoms with Gasteiger partial charge in [0.1, 0.15) is 5.82 Å². The molecule has 0 atom stereocenters. The van der Waals surface area contributed by atoms with Gasteiger partial charge >= 0.3 is 0 Å². The predicted octanol–water partition coefficient (Wildman–Crippen LogP) is 1.49. The van der Waals surface area contributed by atoms with Crippen molar-refractivity contribution in [3.8, 4) is 0 Å². The van der Waals surface area contributed by atoms with Gasteiger partial charge in [-0.05, 0) is 37.9 Å². The van der Waals surface area contributed by atoms with Crippen LogP contribution in [0.15, 0.2) is 24.3 Å². The molecule has 1 fully saturated rings. The SMILES string of the molecule is NCCCN(c1ccccc1F)S(=O)(=O)C1CCOCC1. The molecule has 2 N–H and O–H groups in total. The largest absolute Gasteiger partial charge is 0.381 e. The number of ether oxygens (including phenoxy) is 1. The molecule has 5 nitrogen and oxygen atoms in total. The van der Waals surface area contributed by atoms with E-state index < -0.39 is 21.1 Å². The molecule has 0 saturated carbocycles. The van der Waals surface area contributed by atoms with Crippen LogP contribution >= 0.6 is 0 Å². The van der Waals surface area contributed by atoms with E-state index in [4.69, 9.17) is 10.5 Å². The lowest BCUT2D eigenvalue weighted by molar-refractivity contribution is 0.0983. The van der Waals surface area contributed by atoms with Crippen molar-refractivity contribution in [3.63, 3.8) is 0 Å². The lowest BCUT2D eigenvalue weighted by atomic mass is 10.2. The number of nitrogens with zero attached hydrogens (tertiary/aromatic N) is 1. The minimum atomic E-state index is -3.61. The molecule has 0 amide bonds. The summed E-state index contributed by atoms with van der Waals surface area (Å²) in [6, 6.07) is 5.93. The van der Waals surface area contributed by atoms with Gasteiger partial charge in [-0.15, -0.1) is 0 Å². The Morgan fingerprint density at radius 1 is 1.29 bits per heavy atom. The second-order valence-corrected chi connectivity index (χ2v) is 7.16. The number of hydrogen-bond donors (Lipinski definition) is 1. The molecule has 0 unspecified atom stereocenters. The summed E-state index contributed by atoms with van der Waals surface area (Å²) in [6.45, 7) is 1.39. The lowest BCUT2D eigenvalue weighted by Gasteiger charge is -2.31. The molecule has 1 aromatic rings. The fourth-order valence-corrected chi connectivity index (χ4v) is 4.38. The molecule has 0 aromatic heterocycles. The van der Waals surface area contributed by atoms with E-state index in [9.17, 15) is 12.8 Å². The van der Waals surface area contributed by atoms with Crippen molar-refractivity contribution in [3.05, 3.63) is 30.1 Å². The summed E-state index contributed by atoms with van der Waals surface area (Å²) in [5.74, 6) is -0.537. The zero-order valence-corrected chi connectivity index (χ0v) is 12.7. The van der Waals surface area contributed by atoms with Gasteiger partial charge in [0.2, 0.25) is 10.0 Å². The molecule has 0 radical (unpaired) electrons. The van der Waals surface area contributed by atoms with E-state index in [1.54, 1.807) is 12.1 Å². The maximum Gasteiger partial charge on any atom is 0.238 e. The number of para-hydroxylation sites is 1. The second kappa shape index (κ2) is 7.20. The number of hydrogen-bond acceptors (Lipinski definition) is 4. The summed E-state index contributed by atoms with van der Waals surface area (Å²) in [7, 11) is -3.61. The van der Waals surface area contributed by atoms with Gasteiger partial charge in [-0.3, -0.25) is 4.31 Å². The van der Waals surface area contributed by atoms with E-state index in [1.807, 2.05) is 0 Å². The van der Waals surface area contributed by atoms with E-state index in [1.165, 1.54) is 16.4 Å². The minimum absolute atomic E-state index is 0.0949. The molecule has 7 heteroatoms. The van der Waals surface area contributed by atoms with Crippen LogP contribution in [0.25, 0.3) is 0 Å². The molecular weight excluding hydrogens is 295 g/mol. The Kier molecular flexibility index (Phi) is 5.55. The van der Waals surface area contributed by atoms with Crippen LogP contribution in [0.4, 0.5) is 10.1 Å². The molecule has 1 heterocycles. The summed E-state index contributed by atoms with van der Waals surface area (Å²) < 4.78 is 46.0. The summed E-state index contributed by atoms with van der Waals surface area (Å²) in [5.41, 5.74) is 5.57. The molecular formula is C14H21FN2O3S. The van der Waals surface area contributed by atoms with Crippen LogP contribution in [0.3, 0.4) is 0 Å². The van der Waals surface area contributed by atoms with Crippen molar-refractivity contribution in [1.82, 2.24) is 0 Å². The fourth-order valence-electron chi connectivity index (χ4n) is 2.43. The smallest absolute Gasteiger partial charge is 0.238 e. The number of nitrogens with two attached hydrogens (primary N) is 1. The maximum atomic E-state index is 14.0. The first-order valence-corrected chi connectivity index (χ1v) is 8.61. The topological polar surface area (TPSA) is 72.6 Å². The molecule has 118 valence electrons. The Morgan fingerprint density at radius 2 is 1.95 bits per heavy atom. The highest BCUT2D eigenvalue weighted by molar-refractivity contribution is 7.93. The predicted molar refractivity (Wildman–Crippen MR) is 80.2 cm³/mol. The summed E-state index contributed by atoms with van der Waals surface area (Å²) in [5, 5.41) is -0.524. The van der Waals surface area contributed by atoms with Gasteiger partial charge in [-0.2, -0.15) is 0 Å². The molecule has 0 spiro atoms. The first kappa shape index (κ1) is 16.2. The van der Waals surface area contributed by atoms with Crippen molar-refractivity contribution < 1.29 is 17.5 Å². The van der Waals surface area contributed by atoms with E-state index in [0.29, 0.717) is 39.0 Å². The number of halogens is 1. The third kappa shape index (κ3) is 3.72. The quantitative estimate of drug-likeness (QED) is 0.863. The minimum Gasteiger partial charge on any atom is -0.381 e. The van der Waals surface area contributed by atoms with Crippen LogP contribution in [-0.2, 0) is 14.8 Å². The molecule has 2 rings (SSSR count). The van der Waals surface area contributed by atoms with Gasteiger partial charge in [0, 0.05) is 19.8 Å². The highest BCUT2D eigenvalue weighted by Gasteiger charge is 2.34. The molecule has 0 bridgehead atoms. The van der Waals surface area contributed by atoms with Crippen LogP contribution in [0.2, 0.25) is 0 Å². The number of anilines is 1. The molecule has 0 aliphatic carbocycles. The van der Waals surface area contributed by atoms with E-state index in [0.717, 1.165) is 0 Å². The number of rotatable bonds is 6. The first-order chi connectivity index (χ1) is 10.1. The first-order valence-electron chi connectivity index (χ1n) is 7.11. The van der Waals surface area contributed by atoms with Gasteiger partial charge in [0.05, 0.1) is 10.9 Å². The van der Waals surface area contributed by atoms with Crippen LogP contribution in [0, 0.1) is 5.82 Å². The zero-order chi connectivity index (χ0) is 15.3. The van der Waals surface area contributed by atoms with Crippen molar-refractivity contribution in [2.45, 2.75) is 24.5 Å². The Labute approximate surface area is 124 Å². The van der Waals surface area contributed by atoms with Crippen LogP contribution in [0.1, 0.15) is 19.3 Å². The average Bonchev–Trinajstić information content (AvgIpc) is 2.50. The van der Waals surface area contributed by atoms with Crippen molar-refractivity contribution >= 4 is 15.7 Å². The Bertz CT molecular complexity index is 559. The second-order valence-electron chi connectivity index (χ2n) is 5.02. The summed E-state index contributed by atoms with van der Waals surface area (Å²) in [6.07, 6.45) is 1.36. The zero-order valence-electron chi connectivity index (χ0n) is 11.9. The molecule has 1 saturated heterocycles. The highest BCUT2D eigenvalue weighted by Crippen LogP contribution is 2.27. The van der Waals surface area contributed by atoms with Gasteiger partial charge in [0.25, 0.3) is 0 Å². The third-order valence-corrected chi connectivity index (χ3v) is 5.89. The number of benzene rings is 1. The van der Waals surface area contributed by atoms with Gasteiger partial charge < -0.3 is 10.5 Å². The Hall–Kier alpha value is -1.18. The molecule has 21 heavy (non-hydrogen) atoms. The van der Waals surface area contributed by atoms with Crippen LogP contribution < -0.4 is 10.0 Å². The van der Waals surface area contributed by atoms with Crippen molar-refractivity contribution in [2.75, 3.05) is 30.6 Å². The Morgan fingerprint density at radius 3 is 2.57 bits per heavy atom. The van der Waals surface area contributed by atoms with E-state index >= 15 is 0 Å². The summed E-state index contributed by atoms with van der Waals surface area (Å²) >= 11 is 0. The van der Waals surface area contributed by atoms with Gasteiger partial charge in [0.15, 0.2) is 0 Å². The van der Waals surface area contributed by atoms with Crippen molar-refractivity contribution in [1.29, 1.82) is 0 Å². The monoisotopic (exact) mass is 316 g/mol. The van der Waals surface area contributed by atoms with Gasteiger partial charge in [-0.1, -0.05) is 12.1 Å². The normalized spacial score (nSPS) is 16.9. The van der Waals surface area contributed by atoms with Gasteiger partial charge in [-0.25, -0.2) is 12.8 Å². The Balaban J connectivity index is 2.32. The highest BCUT2D eigenvalue weighted by atomic mass is 32.2. The van der Waals surface area contributed by atoms with Crippen LogP contribution in [-0.4, -0.2) is 40.0 Å². The third-order valence-electron chi connectivity index (χ3n) is 3.58. The van der Waals surface area contributed by atoms with E-state index in [2.05, 4.69) is 0 Å². The fraction of sp³-hybridized carbons (Fsp3) is 0.571. The standard InChI is InChI=1S/C14H21FN2O3S/c15-13-4-1-2-5-14(13)17(9-3-8-16)21(18,19)12-6-10-20-11-7-12/h1-2,4-5,12H,3,6-11,16H2. The molecule has 1 aliphatic heterocycles. The maximum absolute atomic E-state index is 14.0. The van der Waals surface area contributed by atoms with Crippen molar-refractivity contribution in [2.24, 2.45) is 5.73 Å².